The van der Waals surface area contributed by atoms with Crippen LogP contribution in [-0.4, -0.2) is 23.3 Å². The molecule has 2 amide bonds. The van der Waals surface area contributed by atoms with Crippen LogP contribution < -0.4 is 5.73 Å². The highest BCUT2D eigenvalue weighted by atomic mass is 16.2. The molecule has 1 saturated heterocycles. The summed E-state index contributed by atoms with van der Waals surface area (Å²) in [4.78, 5) is 24.2. The highest BCUT2D eigenvalue weighted by Crippen LogP contribution is 2.16. The van der Waals surface area contributed by atoms with Crippen molar-refractivity contribution in [2.45, 2.75) is 25.8 Å². The smallest absolute Gasteiger partial charge is 0.229 e. The van der Waals surface area contributed by atoms with Crippen LogP contribution in [0, 0.1) is 0 Å². The predicted molar refractivity (Wildman–Crippen MR) is 64.0 cm³/mol. The molecule has 1 aliphatic heterocycles. The van der Waals surface area contributed by atoms with E-state index in [4.69, 9.17) is 5.73 Å². The minimum Gasteiger partial charge on any atom is -0.330 e. The Morgan fingerprint density at radius 2 is 1.53 bits per heavy atom. The first-order valence-corrected chi connectivity index (χ1v) is 5.82. The number of likely N-dealkylation sites (tertiary alicyclic amines) is 1. The number of hydrogen-bond acceptors (Lipinski definition) is 3. The monoisotopic (exact) mass is 232 g/mol. The van der Waals surface area contributed by atoms with E-state index < -0.39 is 0 Å². The highest BCUT2D eigenvalue weighted by molar-refractivity contribution is 6.01. The molecule has 4 nitrogen and oxygen atoms in total. The molecule has 90 valence electrons. The zero-order valence-corrected chi connectivity index (χ0v) is 9.69. The Bertz CT molecular complexity index is 410. The molecule has 1 aliphatic rings. The van der Waals surface area contributed by atoms with Gasteiger partial charge in [-0.2, -0.15) is 0 Å². The summed E-state index contributed by atoms with van der Waals surface area (Å²) in [6.07, 6.45) is 1.55. The van der Waals surface area contributed by atoms with Gasteiger partial charge in [-0.05, 0) is 24.1 Å². The molecule has 0 aromatic heterocycles. The van der Waals surface area contributed by atoms with Crippen LogP contribution in [0.3, 0.4) is 0 Å². The van der Waals surface area contributed by atoms with Crippen molar-refractivity contribution in [2.24, 2.45) is 5.73 Å². The fourth-order valence-electron chi connectivity index (χ4n) is 1.96. The van der Waals surface area contributed by atoms with Gasteiger partial charge < -0.3 is 5.73 Å². The van der Waals surface area contributed by atoms with Crippen molar-refractivity contribution in [3.05, 3.63) is 35.4 Å². The van der Waals surface area contributed by atoms with E-state index >= 15 is 0 Å². The lowest BCUT2D eigenvalue weighted by molar-refractivity contribution is -0.139. The predicted octanol–water partition coefficient (Wildman–Crippen LogP) is 0.837. The minimum absolute atomic E-state index is 0.0685. The number of imide groups is 1. The molecule has 1 aromatic rings. The number of rotatable bonds is 4. The number of benzene rings is 1. The van der Waals surface area contributed by atoms with E-state index in [1.165, 1.54) is 10.5 Å². The summed E-state index contributed by atoms with van der Waals surface area (Å²) in [5.74, 6) is -0.137. The Hall–Kier alpha value is -1.68. The first-order valence-electron chi connectivity index (χ1n) is 5.82. The zero-order chi connectivity index (χ0) is 12.3. The van der Waals surface area contributed by atoms with Gasteiger partial charge in [0.25, 0.3) is 0 Å². The van der Waals surface area contributed by atoms with E-state index in [9.17, 15) is 9.59 Å². The van der Waals surface area contributed by atoms with E-state index in [0.29, 0.717) is 25.9 Å². The van der Waals surface area contributed by atoms with Crippen LogP contribution in [0.1, 0.15) is 24.0 Å². The summed E-state index contributed by atoms with van der Waals surface area (Å²) in [5.41, 5.74) is 7.63. The Morgan fingerprint density at radius 1 is 1.00 bits per heavy atom. The first-order chi connectivity index (χ1) is 8.20. The zero-order valence-electron chi connectivity index (χ0n) is 9.69. The van der Waals surface area contributed by atoms with E-state index in [0.717, 1.165) is 12.0 Å². The summed E-state index contributed by atoms with van der Waals surface area (Å²) in [6.45, 7) is 1.02. The van der Waals surface area contributed by atoms with Gasteiger partial charge in [0.05, 0.1) is 6.54 Å². The van der Waals surface area contributed by atoms with Gasteiger partial charge in [-0.1, -0.05) is 24.3 Å². The summed E-state index contributed by atoms with van der Waals surface area (Å²) in [7, 11) is 0. The van der Waals surface area contributed by atoms with Crippen LogP contribution in [0.25, 0.3) is 0 Å². The molecule has 0 aliphatic carbocycles. The van der Waals surface area contributed by atoms with Gasteiger partial charge >= 0.3 is 0 Å². The van der Waals surface area contributed by atoms with Crippen LogP contribution in [0.4, 0.5) is 0 Å². The van der Waals surface area contributed by atoms with Crippen molar-refractivity contribution in [1.82, 2.24) is 4.90 Å². The third kappa shape index (κ3) is 2.71. The average molecular weight is 232 g/mol. The van der Waals surface area contributed by atoms with Crippen LogP contribution in [0.2, 0.25) is 0 Å². The Balaban J connectivity index is 2.03. The summed E-state index contributed by atoms with van der Waals surface area (Å²) in [5, 5.41) is 0. The highest BCUT2D eigenvalue weighted by Gasteiger charge is 2.28. The van der Waals surface area contributed by atoms with Gasteiger partial charge in [0.2, 0.25) is 11.8 Å². The largest absolute Gasteiger partial charge is 0.330 e. The number of carbonyl (C=O) groups is 2. The molecule has 1 heterocycles. The molecular formula is C13H16N2O2. The Kier molecular flexibility index (Phi) is 3.54. The topological polar surface area (TPSA) is 63.4 Å². The Labute approximate surface area is 100 Å². The molecule has 4 heteroatoms. The van der Waals surface area contributed by atoms with Crippen molar-refractivity contribution in [2.75, 3.05) is 6.54 Å². The number of nitrogens with zero attached hydrogens (tertiary/aromatic N) is 1. The maximum atomic E-state index is 11.4. The maximum absolute atomic E-state index is 11.4. The SMILES string of the molecule is NCCc1ccc(CN2C(=O)CCC2=O)cc1. The fraction of sp³-hybridized carbons (Fsp3) is 0.385. The quantitative estimate of drug-likeness (QED) is 0.782. The number of amides is 2. The van der Waals surface area contributed by atoms with Gasteiger partial charge in [-0.25, -0.2) is 0 Å². The van der Waals surface area contributed by atoms with Crippen molar-refractivity contribution < 1.29 is 9.59 Å². The molecule has 1 aromatic carbocycles. The van der Waals surface area contributed by atoms with Gasteiger partial charge in [0.15, 0.2) is 0 Å². The normalized spacial score (nSPS) is 15.7. The van der Waals surface area contributed by atoms with Gasteiger partial charge in [0.1, 0.15) is 0 Å². The van der Waals surface area contributed by atoms with Crippen LogP contribution in [0.15, 0.2) is 24.3 Å². The first kappa shape index (κ1) is 11.8. The molecule has 0 radical (unpaired) electrons. The molecule has 17 heavy (non-hydrogen) atoms. The number of hydrogen-bond donors (Lipinski definition) is 1. The van der Waals surface area contributed by atoms with E-state index in [1.54, 1.807) is 0 Å². The van der Waals surface area contributed by atoms with Gasteiger partial charge in [-0.15, -0.1) is 0 Å². The van der Waals surface area contributed by atoms with E-state index in [1.807, 2.05) is 24.3 Å². The number of carbonyl (C=O) groups excluding carboxylic acids is 2. The van der Waals surface area contributed by atoms with Crippen molar-refractivity contribution in [1.29, 1.82) is 0 Å². The minimum atomic E-state index is -0.0685. The lowest BCUT2D eigenvalue weighted by Gasteiger charge is -2.13. The summed E-state index contributed by atoms with van der Waals surface area (Å²) in [6, 6.07) is 7.88. The Morgan fingerprint density at radius 3 is 2.06 bits per heavy atom. The third-order valence-electron chi connectivity index (χ3n) is 2.95. The molecule has 0 unspecified atom stereocenters. The second-order valence-corrected chi connectivity index (χ2v) is 4.23. The second kappa shape index (κ2) is 5.10. The van der Waals surface area contributed by atoms with Crippen LogP contribution in [0.5, 0.6) is 0 Å². The van der Waals surface area contributed by atoms with E-state index in [2.05, 4.69) is 0 Å². The van der Waals surface area contributed by atoms with E-state index in [-0.39, 0.29) is 11.8 Å². The van der Waals surface area contributed by atoms with Crippen LogP contribution >= 0.6 is 0 Å². The van der Waals surface area contributed by atoms with Crippen molar-refractivity contribution in [3.63, 3.8) is 0 Å². The molecule has 0 bridgehead atoms. The second-order valence-electron chi connectivity index (χ2n) is 4.23. The summed E-state index contributed by atoms with van der Waals surface area (Å²) >= 11 is 0. The number of nitrogens with two attached hydrogens (primary N) is 1. The fourth-order valence-corrected chi connectivity index (χ4v) is 1.96. The molecule has 0 atom stereocenters. The molecule has 2 rings (SSSR count). The average Bonchev–Trinajstić information content (AvgIpc) is 2.64. The molecule has 2 N–H and O–H groups in total. The molecular weight excluding hydrogens is 216 g/mol. The molecule has 0 saturated carbocycles. The van der Waals surface area contributed by atoms with Crippen molar-refractivity contribution in [3.8, 4) is 0 Å². The maximum Gasteiger partial charge on any atom is 0.229 e. The lowest BCUT2D eigenvalue weighted by Crippen LogP contribution is -2.28. The van der Waals surface area contributed by atoms with Crippen LogP contribution in [-0.2, 0) is 22.6 Å². The lowest BCUT2D eigenvalue weighted by atomic mass is 10.1. The van der Waals surface area contributed by atoms with Crippen molar-refractivity contribution >= 4 is 11.8 Å². The van der Waals surface area contributed by atoms with Gasteiger partial charge in [0, 0.05) is 12.8 Å². The van der Waals surface area contributed by atoms with Gasteiger partial charge in [-0.3, -0.25) is 14.5 Å². The molecule has 1 fully saturated rings. The molecule has 0 spiro atoms. The standard InChI is InChI=1S/C13H16N2O2/c14-8-7-10-1-3-11(4-2-10)9-15-12(16)5-6-13(15)17/h1-4H,5-9,14H2. The third-order valence-corrected chi connectivity index (χ3v) is 2.95. The summed E-state index contributed by atoms with van der Waals surface area (Å²) < 4.78 is 0.